The lowest BCUT2D eigenvalue weighted by Crippen LogP contribution is -2.41. The van der Waals surface area contributed by atoms with Crippen LogP contribution in [0.3, 0.4) is 0 Å². The van der Waals surface area contributed by atoms with E-state index in [0.29, 0.717) is 78.1 Å². The third-order valence-corrected chi connectivity index (χ3v) is 7.86. The van der Waals surface area contributed by atoms with E-state index in [2.05, 4.69) is 21.7 Å². The van der Waals surface area contributed by atoms with Crippen LogP contribution >= 0.6 is 23.2 Å². The van der Waals surface area contributed by atoms with Gasteiger partial charge in [0.2, 0.25) is 0 Å². The van der Waals surface area contributed by atoms with Crippen molar-refractivity contribution in [2.75, 3.05) is 26.7 Å². The number of carboxylic acids is 1. The SMILES string of the molecule is COc1ccc2ncc(Cl)c([C@H](O)CCC3(CC(=O)O)CCN(CC#Cc4ccc(Cl)c(F)c4)CC3)c2c1. The van der Waals surface area contributed by atoms with Gasteiger partial charge in [-0.2, -0.15) is 0 Å². The van der Waals surface area contributed by atoms with E-state index in [9.17, 15) is 19.4 Å². The summed E-state index contributed by atoms with van der Waals surface area (Å²) < 4.78 is 19.0. The van der Waals surface area contributed by atoms with Gasteiger partial charge in [-0.15, -0.1) is 0 Å². The molecular weight excluding hydrogens is 530 g/mol. The molecule has 1 fully saturated rings. The molecule has 1 aliphatic heterocycles. The number of nitrogens with zero attached hydrogens (tertiary/aromatic N) is 2. The zero-order chi connectivity index (χ0) is 27.3. The summed E-state index contributed by atoms with van der Waals surface area (Å²) in [6.45, 7) is 1.86. The molecule has 0 radical (unpaired) electrons. The maximum absolute atomic E-state index is 13.6. The van der Waals surface area contributed by atoms with Crippen LogP contribution in [-0.4, -0.2) is 52.8 Å². The molecule has 1 aliphatic rings. The van der Waals surface area contributed by atoms with Crippen LogP contribution in [0.4, 0.5) is 4.39 Å². The highest BCUT2D eigenvalue weighted by Gasteiger charge is 2.37. The van der Waals surface area contributed by atoms with E-state index in [4.69, 9.17) is 27.9 Å². The first-order chi connectivity index (χ1) is 18.2. The number of hydrogen-bond acceptors (Lipinski definition) is 5. The Balaban J connectivity index is 1.42. The second-order valence-electron chi connectivity index (χ2n) is 9.73. The van der Waals surface area contributed by atoms with Crippen LogP contribution in [0.1, 0.15) is 49.3 Å². The van der Waals surface area contributed by atoms with Crippen LogP contribution in [0.25, 0.3) is 10.9 Å². The van der Waals surface area contributed by atoms with Gasteiger partial charge >= 0.3 is 5.97 Å². The maximum atomic E-state index is 13.6. The van der Waals surface area contributed by atoms with Crippen molar-refractivity contribution in [3.8, 4) is 17.6 Å². The number of carbonyl (C=O) groups is 1. The first-order valence-corrected chi connectivity index (χ1v) is 13.1. The minimum Gasteiger partial charge on any atom is -0.497 e. The van der Waals surface area contributed by atoms with Gasteiger partial charge in [-0.1, -0.05) is 35.0 Å². The number of hydrogen-bond donors (Lipinski definition) is 2. The van der Waals surface area contributed by atoms with E-state index in [1.165, 1.54) is 18.3 Å². The van der Waals surface area contributed by atoms with Crippen molar-refractivity contribution in [1.29, 1.82) is 0 Å². The molecule has 0 unspecified atom stereocenters. The van der Waals surface area contributed by atoms with Gasteiger partial charge in [0.15, 0.2) is 0 Å². The first kappa shape index (κ1) is 28.1. The minimum absolute atomic E-state index is 0.0297. The third kappa shape index (κ3) is 6.75. The standard InChI is InChI=1S/C29H29Cl2FN2O4/c1-38-20-5-7-25-21(16-20)28(23(31)18-33-25)26(35)8-9-29(17-27(36)37)10-13-34(14-11-29)12-2-3-19-4-6-22(30)24(32)15-19/h4-7,15-16,18,26,35H,8-14,17H2,1H3,(H,36,37)/t26-/m1/s1. The number of methoxy groups -OCH3 is 1. The monoisotopic (exact) mass is 558 g/mol. The van der Waals surface area contributed by atoms with Crippen molar-refractivity contribution in [3.63, 3.8) is 0 Å². The predicted molar refractivity (Wildman–Crippen MR) is 146 cm³/mol. The van der Waals surface area contributed by atoms with E-state index in [-0.39, 0.29) is 11.4 Å². The normalized spacial score (nSPS) is 16.0. The van der Waals surface area contributed by atoms with E-state index < -0.39 is 23.3 Å². The smallest absolute Gasteiger partial charge is 0.303 e. The van der Waals surface area contributed by atoms with Crippen molar-refractivity contribution in [2.24, 2.45) is 5.41 Å². The number of rotatable bonds is 8. The number of ether oxygens (including phenoxy) is 1. The molecule has 2 N–H and O–H groups in total. The third-order valence-electron chi connectivity index (χ3n) is 7.25. The topological polar surface area (TPSA) is 82.9 Å². The number of carboxylic acid groups (broad SMARTS) is 1. The molecule has 9 heteroatoms. The van der Waals surface area contributed by atoms with E-state index in [1.807, 2.05) is 6.07 Å². The van der Waals surface area contributed by atoms with Gasteiger partial charge in [-0.25, -0.2) is 4.39 Å². The molecule has 1 saturated heterocycles. The van der Waals surface area contributed by atoms with Crippen LogP contribution in [-0.2, 0) is 4.79 Å². The van der Waals surface area contributed by atoms with Crippen molar-refractivity contribution in [2.45, 2.75) is 38.2 Å². The summed E-state index contributed by atoms with van der Waals surface area (Å²) in [5.41, 5.74) is 1.38. The van der Waals surface area contributed by atoms with Gasteiger partial charge in [-0.05, 0) is 80.6 Å². The molecule has 0 spiro atoms. The summed E-state index contributed by atoms with van der Waals surface area (Å²) in [5, 5.41) is 22.0. The van der Waals surface area contributed by atoms with Crippen LogP contribution < -0.4 is 4.74 Å². The fourth-order valence-electron chi connectivity index (χ4n) is 5.07. The molecule has 38 heavy (non-hydrogen) atoms. The average molecular weight is 559 g/mol. The Bertz CT molecular complexity index is 1380. The number of aromatic nitrogens is 1. The van der Waals surface area contributed by atoms with Crippen molar-refractivity contribution < 1.29 is 24.1 Å². The van der Waals surface area contributed by atoms with Gasteiger partial charge in [-0.3, -0.25) is 14.7 Å². The lowest BCUT2D eigenvalue weighted by Gasteiger charge is -2.41. The highest BCUT2D eigenvalue weighted by Crippen LogP contribution is 2.43. The Morgan fingerprint density at radius 1 is 1.21 bits per heavy atom. The van der Waals surface area contributed by atoms with E-state index in [0.717, 1.165) is 0 Å². The van der Waals surface area contributed by atoms with Crippen LogP contribution in [0, 0.1) is 23.1 Å². The molecule has 2 heterocycles. The van der Waals surface area contributed by atoms with Gasteiger partial charge in [0.05, 0.1) is 41.7 Å². The van der Waals surface area contributed by atoms with Crippen molar-refractivity contribution >= 4 is 40.1 Å². The summed E-state index contributed by atoms with van der Waals surface area (Å²) in [4.78, 5) is 18.3. The highest BCUT2D eigenvalue weighted by atomic mass is 35.5. The van der Waals surface area contributed by atoms with Crippen LogP contribution in [0.2, 0.25) is 10.0 Å². The number of fused-ring (bicyclic) bond motifs is 1. The number of aliphatic carboxylic acids is 1. The number of pyridine rings is 1. The molecule has 2 aromatic carbocycles. The van der Waals surface area contributed by atoms with Gasteiger partial charge < -0.3 is 14.9 Å². The number of halogens is 3. The second-order valence-corrected chi connectivity index (χ2v) is 10.5. The average Bonchev–Trinajstić information content (AvgIpc) is 2.90. The Morgan fingerprint density at radius 2 is 1.97 bits per heavy atom. The molecule has 0 aliphatic carbocycles. The molecule has 6 nitrogen and oxygen atoms in total. The molecule has 0 bridgehead atoms. The van der Waals surface area contributed by atoms with Crippen LogP contribution in [0.5, 0.6) is 5.75 Å². The lowest BCUT2D eigenvalue weighted by atomic mass is 9.71. The van der Waals surface area contributed by atoms with Crippen LogP contribution in [0.15, 0.2) is 42.6 Å². The summed E-state index contributed by atoms with van der Waals surface area (Å²) >= 11 is 12.2. The fourth-order valence-corrected chi connectivity index (χ4v) is 5.46. The fraction of sp³-hybridized carbons (Fsp3) is 0.379. The largest absolute Gasteiger partial charge is 0.497 e. The summed E-state index contributed by atoms with van der Waals surface area (Å²) in [5.74, 6) is 5.30. The molecule has 1 atom stereocenters. The molecular formula is C29H29Cl2FN2O4. The highest BCUT2D eigenvalue weighted by molar-refractivity contribution is 6.32. The van der Waals surface area contributed by atoms with Gasteiger partial charge in [0.1, 0.15) is 11.6 Å². The second kappa shape index (κ2) is 12.3. The quantitative estimate of drug-likeness (QED) is 0.324. The van der Waals surface area contributed by atoms with Crippen molar-refractivity contribution in [1.82, 2.24) is 9.88 Å². The van der Waals surface area contributed by atoms with Gasteiger partial charge in [0, 0.05) is 22.7 Å². The number of benzene rings is 2. The van der Waals surface area contributed by atoms with Crippen molar-refractivity contribution in [3.05, 3.63) is 69.6 Å². The summed E-state index contributed by atoms with van der Waals surface area (Å²) in [7, 11) is 1.57. The Hall–Kier alpha value is -2.89. The lowest BCUT2D eigenvalue weighted by molar-refractivity contribution is -0.141. The Labute approximate surface area is 231 Å². The number of aliphatic hydroxyl groups excluding tert-OH is 1. The Morgan fingerprint density at radius 3 is 2.66 bits per heavy atom. The molecule has 0 saturated carbocycles. The molecule has 3 aromatic rings. The maximum Gasteiger partial charge on any atom is 0.303 e. The number of piperidine rings is 1. The first-order valence-electron chi connectivity index (χ1n) is 12.4. The van der Waals surface area contributed by atoms with E-state index in [1.54, 1.807) is 25.3 Å². The summed E-state index contributed by atoms with van der Waals surface area (Å²) in [6.07, 6.45) is 2.92. The molecule has 4 rings (SSSR count). The van der Waals surface area contributed by atoms with Gasteiger partial charge in [0.25, 0.3) is 0 Å². The molecule has 1 aromatic heterocycles. The molecule has 0 amide bonds. The molecule has 200 valence electrons. The summed E-state index contributed by atoms with van der Waals surface area (Å²) in [6, 6.07) is 9.88. The van der Waals surface area contributed by atoms with E-state index >= 15 is 0 Å². The Kier molecular flexibility index (Phi) is 9.11. The minimum atomic E-state index is -0.880. The predicted octanol–water partition coefficient (Wildman–Crippen LogP) is 6.11. The number of likely N-dealkylation sites (tertiary alicyclic amines) is 1. The zero-order valence-corrected chi connectivity index (χ0v) is 22.5. The number of aliphatic hydroxyl groups is 1. The zero-order valence-electron chi connectivity index (χ0n) is 21.0.